The third-order valence-corrected chi connectivity index (χ3v) is 6.84. The number of carboxylic acids is 1. The average molecular weight is 491 g/mol. The molecule has 0 radical (unpaired) electrons. The minimum atomic E-state index is -1.25. The van der Waals surface area contributed by atoms with E-state index in [-0.39, 0.29) is 12.8 Å². The number of hydrogen-bond donors (Lipinski definition) is 2. The van der Waals surface area contributed by atoms with Crippen molar-refractivity contribution in [2.75, 3.05) is 0 Å². The fourth-order valence-electron chi connectivity index (χ4n) is 5.11. The lowest BCUT2D eigenvalue weighted by Crippen LogP contribution is -2.47. The van der Waals surface area contributed by atoms with Gasteiger partial charge in [0.2, 0.25) is 5.91 Å². The number of primary amides is 1. The third-order valence-electron chi connectivity index (χ3n) is 6.84. The van der Waals surface area contributed by atoms with Crippen LogP contribution in [0.1, 0.15) is 40.4 Å². The highest BCUT2D eigenvalue weighted by Gasteiger charge is 2.41. The Labute approximate surface area is 215 Å². The molecule has 2 amide bonds. The molecule has 6 nitrogen and oxygen atoms in total. The first-order chi connectivity index (χ1) is 18.0. The first-order valence-corrected chi connectivity index (χ1v) is 12.1. The molecule has 0 heterocycles. The van der Waals surface area contributed by atoms with Gasteiger partial charge in [-0.15, -0.1) is 0 Å². The predicted molar refractivity (Wildman–Crippen MR) is 142 cm³/mol. The highest BCUT2D eigenvalue weighted by atomic mass is 16.4. The second-order valence-electron chi connectivity index (χ2n) is 9.09. The summed E-state index contributed by atoms with van der Waals surface area (Å²) in [7, 11) is 0. The zero-order valence-electron chi connectivity index (χ0n) is 20.1. The number of nitrogens with zero attached hydrogens (tertiary/aromatic N) is 1. The first-order valence-electron chi connectivity index (χ1n) is 12.1. The SMILES string of the molecule is NC(=O)CC[C@@H](C(=O)O)N(C(=O)c1ccc(-c2ccccc2)cc1)C1c2ccccc2-c2ccccc21. The summed E-state index contributed by atoms with van der Waals surface area (Å²) in [5.41, 5.74) is 11.3. The average Bonchev–Trinajstić information content (AvgIpc) is 3.25. The second-order valence-corrected chi connectivity index (χ2v) is 9.09. The molecule has 0 aromatic heterocycles. The van der Waals surface area contributed by atoms with Crippen molar-refractivity contribution in [3.05, 3.63) is 120 Å². The van der Waals surface area contributed by atoms with Crippen LogP contribution in [0.25, 0.3) is 22.3 Å². The van der Waals surface area contributed by atoms with Crippen LogP contribution in [0.3, 0.4) is 0 Å². The topological polar surface area (TPSA) is 101 Å². The number of carbonyl (C=O) groups is 3. The quantitative estimate of drug-likeness (QED) is 0.351. The fourth-order valence-corrected chi connectivity index (χ4v) is 5.11. The van der Waals surface area contributed by atoms with Crippen LogP contribution in [0.4, 0.5) is 0 Å². The van der Waals surface area contributed by atoms with E-state index in [1.54, 1.807) is 12.1 Å². The predicted octanol–water partition coefficient (Wildman–Crippen LogP) is 5.28. The van der Waals surface area contributed by atoms with Gasteiger partial charge in [-0.05, 0) is 51.9 Å². The number of rotatable bonds is 8. The van der Waals surface area contributed by atoms with Crippen molar-refractivity contribution >= 4 is 17.8 Å². The van der Waals surface area contributed by atoms with Gasteiger partial charge in [-0.25, -0.2) is 4.79 Å². The van der Waals surface area contributed by atoms with Crippen molar-refractivity contribution in [1.29, 1.82) is 0 Å². The molecule has 184 valence electrons. The molecule has 0 fully saturated rings. The van der Waals surface area contributed by atoms with E-state index in [4.69, 9.17) is 5.73 Å². The lowest BCUT2D eigenvalue weighted by molar-refractivity contribution is -0.143. The smallest absolute Gasteiger partial charge is 0.326 e. The largest absolute Gasteiger partial charge is 0.480 e. The highest BCUT2D eigenvalue weighted by molar-refractivity contribution is 5.98. The van der Waals surface area contributed by atoms with Crippen LogP contribution in [0.15, 0.2) is 103 Å². The summed E-state index contributed by atoms with van der Waals surface area (Å²) in [5, 5.41) is 10.3. The van der Waals surface area contributed by atoms with Gasteiger partial charge in [0, 0.05) is 12.0 Å². The standard InChI is InChI=1S/C31H26N2O4/c32-28(34)19-18-27(31(36)37)33(29-25-12-6-4-10-23(25)24-11-5-7-13-26(24)29)30(35)22-16-14-21(15-17-22)20-8-2-1-3-9-20/h1-17,27,29H,18-19H2,(H2,32,34)(H,36,37)/t27-/m0/s1. The molecule has 1 aliphatic rings. The summed E-state index contributed by atoms with van der Waals surface area (Å²) in [4.78, 5) is 39.7. The van der Waals surface area contributed by atoms with E-state index < -0.39 is 29.9 Å². The summed E-state index contributed by atoms with van der Waals surface area (Å²) >= 11 is 0. The Kier molecular flexibility index (Phi) is 6.56. The summed E-state index contributed by atoms with van der Waals surface area (Å²) in [6.07, 6.45) is -0.233. The van der Waals surface area contributed by atoms with Crippen molar-refractivity contribution in [3.63, 3.8) is 0 Å². The number of aliphatic carboxylic acids is 1. The number of carbonyl (C=O) groups excluding carboxylic acids is 2. The molecule has 4 aromatic rings. The maximum absolute atomic E-state index is 14.1. The molecule has 0 aliphatic heterocycles. The van der Waals surface area contributed by atoms with Gasteiger partial charge in [0.05, 0.1) is 6.04 Å². The molecule has 0 saturated carbocycles. The van der Waals surface area contributed by atoms with E-state index in [0.29, 0.717) is 5.56 Å². The number of carboxylic acid groups (broad SMARTS) is 1. The van der Waals surface area contributed by atoms with E-state index in [9.17, 15) is 19.5 Å². The second kappa shape index (κ2) is 10.1. The Morgan fingerprint density at radius 3 is 1.78 bits per heavy atom. The Morgan fingerprint density at radius 2 is 1.24 bits per heavy atom. The van der Waals surface area contributed by atoms with Gasteiger partial charge in [-0.3, -0.25) is 9.59 Å². The zero-order chi connectivity index (χ0) is 25.9. The number of amides is 2. The van der Waals surface area contributed by atoms with Crippen LogP contribution in [-0.4, -0.2) is 33.8 Å². The molecule has 0 unspecified atom stereocenters. The van der Waals surface area contributed by atoms with Crippen molar-refractivity contribution < 1.29 is 19.5 Å². The van der Waals surface area contributed by atoms with Crippen LogP contribution in [0, 0.1) is 0 Å². The molecule has 5 rings (SSSR count). The monoisotopic (exact) mass is 490 g/mol. The molecule has 0 spiro atoms. The molecule has 0 bridgehead atoms. The van der Waals surface area contributed by atoms with Gasteiger partial charge >= 0.3 is 5.97 Å². The summed E-state index contributed by atoms with van der Waals surface area (Å²) in [6, 6.07) is 30.5. The lowest BCUT2D eigenvalue weighted by Gasteiger charge is -2.35. The molecular weight excluding hydrogens is 464 g/mol. The van der Waals surface area contributed by atoms with E-state index in [2.05, 4.69) is 0 Å². The molecular formula is C31H26N2O4. The molecule has 37 heavy (non-hydrogen) atoms. The Bertz CT molecular complexity index is 1420. The van der Waals surface area contributed by atoms with Crippen molar-refractivity contribution in [3.8, 4) is 22.3 Å². The molecule has 6 heteroatoms. The normalized spacial score (nSPS) is 12.9. The van der Waals surface area contributed by atoms with E-state index in [1.165, 1.54) is 4.90 Å². The molecule has 0 saturated heterocycles. The Hall–Kier alpha value is -4.71. The van der Waals surface area contributed by atoms with E-state index >= 15 is 0 Å². The van der Waals surface area contributed by atoms with Crippen LogP contribution in [0.2, 0.25) is 0 Å². The van der Waals surface area contributed by atoms with Crippen LogP contribution >= 0.6 is 0 Å². The maximum Gasteiger partial charge on any atom is 0.326 e. The van der Waals surface area contributed by atoms with Crippen LogP contribution in [-0.2, 0) is 9.59 Å². The van der Waals surface area contributed by atoms with E-state index in [1.807, 2.05) is 91.0 Å². The first kappa shape index (κ1) is 24.0. The minimum Gasteiger partial charge on any atom is -0.480 e. The number of hydrogen-bond acceptors (Lipinski definition) is 3. The van der Waals surface area contributed by atoms with Crippen LogP contribution in [0.5, 0.6) is 0 Å². The molecule has 1 atom stereocenters. The summed E-state index contributed by atoms with van der Waals surface area (Å²) in [5.74, 6) is -2.22. The van der Waals surface area contributed by atoms with Crippen molar-refractivity contribution in [2.24, 2.45) is 5.73 Å². The molecule has 3 N–H and O–H groups in total. The van der Waals surface area contributed by atoms with Gasteiger partial charge in [0.25, 0.3) is 5.91 Å². The Balaban J connectivity index is 1.61. The van der Waals surface area contributed by atoms with Crippen molar-refractivity contribution in [1.82, 2.24) is 4.90 Å². The number of nitrogens with two attached hydrogens (primary N) is 1. The van der Waals surface area contributed by atoms with Gasteiger partial charge in [0.1, 0.15) is 6.04 Å². The maximum atomic E-state index is 14.1. The fraction of sp³-hybridized carbons (Fsp3) is 0.129. The Morgan fingerprint density at radius 1 is 0.730 bits per heavy atom. The molecule has 4 aromatic carbocycles. The summed E-state index contributed by atoms with van der Waals surface area (Å²) in [6.45, 7) is 0. The number of fused-ring (bicyclic) bond motifs is 3. The lowest BCUT2D eigenvalue weighted by atomic mass is 9.97. The van der Waals surface area contributed by atoms with Gasteiger partial charge in [0.15, 0.2) is 0 Å². The molecule has 1 aliphatic carbocycles. The van der Waals surface area contributed by atoms with Gasteiger partial charge in [-0.2, -0.15) is 0 Å². The highest BCUT2D eigenvalue weighted by Crippen LogP contribution is 2.47. The van der Waals surface area contributed by atoms with Gasteiger partial charge in [-0.1, -0.05) is 91.0 Å². The number of benzene rings is 4. The minimum absolute atomic E-state index is 0.0840. The van der Waals surface area contributed by atoms with Crippen LogP contribution < -0.4 is 5.73 Å². The van der Waals surface area contributed by atoms with Gasteiger partial charge < -0.3 is 15.7 Å². The summed E-state index contributed by atoms with van der Waals surface area (Å²) < 4.78 is 0. The third kappa shape index (κ3) is 4.61. The zero-order valence-corrected chi connectivity index (χ0v) is 20.1. The van der Waals surface area contributed by atoms with E-state index in [0.717, 1.165) is 33.4 Å². The van der Waals surface area contributed by atoms with Crippen molar-refractivity contribution in [2.45, 2.75) is 24.9 Å².